The van der Waals surface area contributed by atoms with E-state index in [0.717, 1.165) is 48.2 Å². The topological polar surface area (TPSA) is 77.2 Å². The molecule has 1 aromatic carbocycles. The van der Waals surface area contributed by atoms with Crippen LogP contribution in [-0.2, 0) is 17.9 Å². The Kier molecular flexibility index (Phi) is 9.79. The molecular formula is C21H31N3O4. The zero-order valence-corrected chi connectivity index (χ0v) is 17.0. The number of guanidine groups is 1. The van der Waals surface area contributed by atoms with Crippen molar-refractivity contribution in [1.29, 1.82) is 0 Å². The molecule has 0 aliphatic heterocycles. The van der Waals surface area contributed by atoms with Gasteiger partial charge in [0, 0.05) is 26.7 Å². The average Bonchev–Trinajstić information content (AvgIpc) is 3.25. The molecule has 0 saturated heterocycles. The fourth-order valence-corrected chi connectivity index (χ4v) is 2.51. The van der Waals surface area contributed by atoms with Gasteiger partial charge in [0.1, 0.15) is 12.4 Å². The van der Waals surface area contributed by atoms with Crippen molar-refractivity contribution in [3.05, 3.63) is 47.9 Å². The summed E-state index contributed by atoms with van der Waals surface area (Å²) in [6.45, 7) is 5.31. The van der Waals surface area contributed by atoms with E-state index in [1.165, 1.54) is 0 Å². The van der Waals surface area contributed by atoms with E-state index in [-0.39, 0.29) is 0 Å². The normalized spacial score (nSPS) is 11.3. The number of aliphatic imine (C=N–C) groups is 1. The molecule has 1 aromatic heterocycles. The molecule has 28 heavy (non-hydrogen) atoms. The first-order valence-electron chi connectivity index (χ1n) is 9.61. The van der Waals surface area contributed by atoms with E-state index in [4.69, 9.17) is 18.6 Å². The Balaban J connectivity index is 1.68. The van der Waals surface area contributed by atoms with Crippen LogP contribution in [0.4, 0.5) is 0 Å². The van der Waals surface area contributed by atoms with Crippen molar-refractivity contribution in [2.24, 2.45) is 4.99 Å². The van der Waals surface area contributed by atoms with Gasteiger partial charge >= 0.3 is 0 Å². The van der Waals surface area contributed by atoms with Gasteiger partial charge in [0.05, 0.1) is 20.0 Å². The maximum atomic E-state index is 5.69. The third kappa shape index (κ3) is 7.52. The van der Waals surface area contributed by atoms with Gasteiger partial charge in [0.25, 0.3) is 0 Å². The van der Waals surface area contributed by atoms with Gasteiger partial charge in [0.2, 0.25) is 0 Å². The lowest BCUT2D eigenvalue weighted by Crippen LogP contribution is -2.37. The molecule has 0 spiro atoms. The van der Waals surface area contributed by atoms with Crippen molar-refractivity contribution >= 4 is 5.96 Å². The minimum atomic E-state index is 0.500. The van der Waals surface area contributed by atoms with E-state index in [1.807, 2.05) is 30.3 Å². The largest absolute Gasteiger partial charge is 0.493 e. The van der Waals surface area contributed by atoms with Crippen LogP contribution in [0, 0.1) is 0 Å². The first-order valence-corrected chi connectivity index (χ1v) is 9.61. The molecule has 0 bridgehead atoms. The molecule has 0 fully saturated rings. The van der Waals surface area contributed by atoms with Crippen LogP contribution in [-0.4, -0.2) is 39.9 Å². The number of nitrogens with one attached hydrogen (secondary N) is 2. The van der Waals surface area contributed by atoms with Crippen LogP contribution in [0.1, 0.15) is 31.1 Å². The number of ether oxygens (including phenoxy) is 3. The standard InChI is InChI=1S/C21H31N3O4/c1-4-11-28-19-9-8-17(14-20(19)25-3)15-24-21(22-2)23-10-6-12-26-16-18-7-5-13-27-18/h5,7-9,13-14H,4,6,10-12,15-16H2,1-3H3,(H2,22,23,24). The Bertz CT molecular complexity index is 702. The van der Waals surface area contributed by atoms with Gasteiger partial charge < -0.3 is 29.3 Å². The third-order valence-electron chi connectivity index (χ3n) is 3.96. The summed E-state index contributed by atoms with van der Waals surface area (Å²) in [6, 6.07) is 9.71. The molecule has 1 heterocycles. The third-order valence-corrected chi connectivity index (χ3v) is 3.96. The smallest absolute Gasteiger partial charge is 0.191 e. The summed E-state index contributed by atoms with van der Waals surface area (Å²) in [4.78, 5) is 4.24. The highest BCUT2D eigenvalue weighted by molar-refractivity contribution is 5.79. The van der Waals surface area contributed by atoms with E-state index in [0.29, 0.717) is 26.4 Å². The number of hydrogen-bond donors (Lipinski definition) is 2. The molecule has 0 atom stereocenters. The molecule has 0 aliphatic rings. The zero-order valence-electron chi connectivity index (χ0n) is 17.0. The van der Waals surface area contributed by atoms with Crippen LogP contribution in [0.25, 0.3) is 0 Å². The van der Waals surface area contributed by atoms with Crippen molar-refractivity contribution in [3.8, 4) is 11.5 Å². The van der Waals surface area contributed by atoms with Gasteiger partial charge in [-0.15, -0.1) is 0 Å². The number of hydrogen-bond acceptors (Lipinski definition) is 5. The fraction of sp³-hybridized carbons (Fsp3) is 0.476. The van der Waals surface area contributed by atoms with E-state index >= 15 is 0 Å². The van der Waals surface area contributed by atoms with Gasteiger partial charge in [-0.25, -0.2) is 0 Å². The van der Waals surface area contributed by atoms with E-state index in [9.17, 15) is 0 Å². The van der Waals surface area contributed by atoms with Crippen molar-refractivity contribution in [1.82, 2.24) is 10.6 Å². The Labute approximate surface area is 167 Å². The Hall–Kier alpha value is -2.67. The van der Waals surface area contributed by atoms with Crippen LogP contribution >= 0.6 is 0 Å². The molecule has 0 radical (unpaired) electrons. The average molecular weight is 389 g/mol. The highest BCUT2D eigenvalue weighted by Crippen LogP contribution is 2.28. The lowest BCUT2D eigenvalue weighted by molar-refractivity contribution is 0.105. The lowest BCUT2D eigenvalue weighted by atomic mass is 10.2. The molecule has 0 unspecified atom stereocenters. The van der Waals surface area contributed by atoms with Crippen LogP contribution in [0.15, 0.2) is 46.0 Å². The second kappa shape index (κ2) is 12.7. The summed E-state index contributed by atoms with van der Waals surface area (Å²) in [5.74, 6) is 3.10. The maximum absolute atomic E-state index is 5.69. The van der Waals surface area contributed by atoms with E-state index in [2.05, 4.69) is 22.5 Å². The number of nitrogens with zero attached hydrogens (tertiary/aromatic N) is 1. The molecule has 7 heteroatoms. The van der Waals surface area contributed by atoms with Crippen LogP contribution in [0.2, 0.25) is 0 Å². The minimum absolute atomic E-state index is 0.500. The van der Waals surface area contributed by atoms with Crippen LogP contribution < -0.4 is 20.1 Å². The molecule has 154 valence electrons. The first kappa shape index (κ1) is 21.6. The van der Waals surface area contributed by atoms with E-state index in [1.54, 1.807) is 20.4 Å². The Morgan fingerprint density at radius 3 is 2.75 bits per heavy atom. The second-order valence-electron chi connectivity index (χ2n) is 6.17. The van der Waals surface area contributed by atoms with Gasteiger partial charge in [0.15, 0.2) is 17.5 Å². The molecule has 7 nitrogen and oxygen atoms in total. The number of rotatable bonds is 12. The SMILES string of the molecule is CCCOc1ccc(CNC(=NC)NCCCOCc2ccco2)cc1OC. The monoisotopic (exact) mass is 389 g/mol. The molecule has 2 rings (SSSR count). The Morgan fingerprint density at radius 1 is 1.14 bits per heavy atom. The summed E-state index contributed by atoms with van der Waals surface area (Å²) >= 11 is 0. The highest BCUT2D eigenvalue weighted by Gasteiger charge is 2.06. The van der Waals surface area contributed by atoms with Gasteiger partial charge in [-0.1, -0.05) is 13.0 Å². The summed E-state index contributed by atoms with van der Waals surface area (Å²) < 4.78 is 21.9. The Morgan fingerprint density at radius 2 is 2.04 bits per heavy atom. The summed E-state index contributed by atoms with van der Waals surface area (Å²) in [6.07, 6.45) is 3.48. The predicted octanol–water partition coefficient (Wildman–Crippen LogP) is 3.35. The molecule has 2 N–H and O–H groups in total. The molecule has 0 amide bonds. The van der Waals surface area contributed by atoms with Crippen molar-refractivity contribution in [2.75, 3.05) is 33.9 Å². The number of furan rings is 1. The zero-order chi connectivity index (χ0) is 20.0. The predicted molar refractivity (Wildman–Crippen MR) is 110 cm³/mol. The summed E-state index contributed by atoms with van der Waals surface area (Å²) in [7, 11) is 3.41. The minimum Gasteiger partial charge on any atom is -0.493 e. The summed E-state index contributed by atoms with van der Waals surface area (Å²) in [5, 5.41) is 6.58. The van der Waals surface area contributed by atoms with Gasteiger partial charge in [-0.05, 0) is 42.7 Å². The quantitative estimate of drug-likeness (QED) is 0.329. The van der Waals surface area contributed by atoms with Crippen molar-refractivity contribution in [2.45, 2.75) is 32.9 Å². The van der Waals surface area contributed by atoms with Crippen molar-refractivity contribution in [3.63, 3.8) is 0 Å². The van der Waals surface area contributed by atoms with Crippen molar-refractivity contribution < 1.29 is 18.6 Å². The van der Waals surface area contributed by atoms with Gasteiger partial charge in [-0.2, -0.15) is 0 Å². The maximum Gasteiger partial charge on any atom is 0.191 e. The lowest BCUT2D eigenvalue weighted by Gasteiger charge is -2.14. The molecule has 2 aromatic rings. The van der Waals surface area contributed by atoms with Gasteiger partial charge in [-0.3, -0.25) is 4.99 Å². The summed E-state index contributed by atoms with van der Waals surface area (Å²) in [5.41, 5.74) is 1.09. The molecular weight excluding hydrogens is 358 g/mol. The highest BCUT2D eigenvalue weighted by atomic mass is 16.5. The second-order valence-corrected chi connectivity index (χ2v) is 6.17. The van der Waals surface area contributed by atoms with Crippen LogP contribution in [0.5, 0.6) is 11.5 Å². The first-order chi connectivity index (χ1) is 13.8. The number of benzene rings is 1. The van der Waals surface area contributed by atoms with E-state index < -0.39 is 0 Å². The molecule has 0 saturated carbocycles. The fourth-order valence-electron chi connectivity index (χ4n) is 2.51. The van der Waals surface area contributed by atoms with Crippen LogP contribution in [0.3, 0.4) is 0 Å². The number of methoxy groups -OCH3 is 1. The molecule has 0 aliphatic carbocycles.